The van der Waals surface area contributed by atoms with Gasteiger partial charge in [0.25, 0.3) is 0 Å². The van der Waals surface area contributed by atoms with Crippen LogP contribution in [0.25, 0.3) is 0 Å². The van der Waals surface area contributed by atoms with E-state index in [0.717, 1.165) is 5.92 Å². The van der Waals surface area contributed by atoms with Gasteiger partial charge in [-0.2, -0.15) is 0 Å². The Labute approximate surface area is 124 Å². The molecule has 1 fully saturated rings. The van der Waals surface area contributed by atoms with Crippen molar-refractivity contribution in [3.63, 3.8) is 0 Å². The Morgan fingerprint density at radius 1 is 1.25 bits per heavy atom. The van der Waals surface area contributed by atoms with Crippen LogP contribution < -0.4 is 5.32 Å². The first-order chi connectivity index (χ1) is 9.67. The number of nitrogens with zero attached hydrogens (tertiary/aromatic N) is 1. The molecule has 1 saturated heterocycles. The average Bonchev–Trinajstić information content (AvgIpc) is 2.46. The van der Waals surface area contributed by atoms with Gasteiger partial charge < -0.3 is 5.32 Å². The molecule has 0 aliphatic carbocycles. The zero-order valence-electron chi connectivity index (χ0n) is 13.5. The van der Waals surface area contributed by atoms with E-state index in [1.54, 1.807) is 0 Å². The summed E-state index contributed by atoms with van der Waals surface area (Å²) in [4.78, 5) is 2.73. The Hall–Kier alpha value is -0.860. The summed E-state index contributed by atoms with van der Waals surface area (Å²) in [6, 6.07) is 12.6. The number of hydrogen-bond donors (Lipinski definition) is 1. The second kappa shape index (κ2) is 7.24. The molecule has 0 saturated carbocycles. The maximum Gasteiger partial charge on any atom is 0.0475 e. The highest BCUT2D eigenvalue weighted by Gasteiger charge is 2.32. The molecule has 0 aromatic heterocycles. The number of rotatable bonds is 5. The molecule has 1 aromatic rings. The summed E-state index contributed by atoms with van der Waals surface area (Å²) < 4.78 is 0. The van der Waals surface area contributed by atoms with Crippen LogP contribution in [0.4, 0.5) is 0 Å². The van der Waals surface area contributed by atoms with Crippen LogP contribution in [0.5, 0.6) is 0 Å². The lowest BCUT2D eigenvalue weighted by atomic mass is 9.88. The molecule has 0 radical (unpaired) electrons. The van der Waals surface area contributed by atoms with E-state index in [1.165, 1.54) is 31.4 Å². The fourth-order valence-electron chi connectivity index (χ4n) is 3.82. The zero-order valence-corrected chi connectivity index (χ0v) is 13.5. The Morgan fingerprint density at radius 2 is 1.95 bits per heavy atom. The number of benzene rings is 1. The van der Waals surface area contributed by atoms with Crippen LogP contribution in [-0.2, 0) is 0 Å². The Morgan fingerprint density at radius 3 is 2.50 bits per heavy atom. The van der Waals surface area contributed by atoms with Crippen molar-refractivity contribution in [2.24, 2.45) is 5.92 Å². The van der Waals surface area contributed by atoms with Gasteiger partial charge in [0.15, 0.2) is 0 Å². The third-order valence-corrected chi connectivity index (χ3v) is 4.89. The summed E-state index contributed by atoms with van der Waals surface area (Å²) >= 11 is 0. The van der Waals surface area contributed by atoms with Crippen molar-refractivity contribution in [3.05, 3.63) is 35.9 Å². The number of hydrogen-bond acceptors (Lipinski definition) is 2. The van der Waals surface area contributed by atoms with Crippen molar-refractivity contribution < 1.29 is 0 Å². The van der Waals surface area contributed by atoms with E-state index < -0.39 is 0 Å². The number of likely N-dealkylation sites (N-methyl/N-ethyl adjacent to an activating group) is 1. The smallest absolute Gasteiger partial charge is 0.0475 e. The molecule has 0 spiro atoms. The van der Waals surface area contributed by atoms with E-state index in [2.05, 4.69) is 68.4 Å². The fraction of sp³-hybridized carbons (Fsp3) is 0.667. The maximum atomic E-state index is 3.56. The van der Waals surface area contributed by atoms with E-state index in [9.17, 15) is 0 Å². The normalized spacial score (nSPS) is 27.2. The second-order valence-electron chi connectivity index (χ2n) is 6.37. The molecular weight excluding hydrogens is 244 g/mol. The SMILES string of the molecule is CCC(C(NC)c1ccccc1)N1CCC(C)CC1C. The van der Waals surface area contributed by atoms with Crippen LogP contribution in [0, 0.1) is 5.92 Å². The van der Waals surface area contributed by atoms with E-state index >= 15 is 0 Å². The monoisotopic (exact) mass is 274 g/mol. The van der Waals surface area contributed by atoms with Gasteiger partial charge in [0, 0.05) is 18.1 Å². The fourth-order valence-corrected chi connectivity index (χ4v) is 3.82. The van der Waals surface area contributed by atoms with Crippen molar-refractivity contribution in [2.75, 3.05) is 13.6 Å². The maximum absolute atomic E-state index is 3.56. The van der Waals surface area contributed by atoms with E-state index in [4.69, 9.17) is 0 Å². The van der Waals surface area contributed by atoms with Crippen LogP contribution in [0.15, 0.2) is 30.3 Å². The molecule has 4 unspecified atom stereocenters. The van der Waals surface area contributed by atoms with Crippen LogP contribution in [-0.4, -0.2) is 30.6 Å². The minimum absolute atomic E-state index is 0.428. The highest BCUT2D eigenvalue weighted by molar-refractivity contribution is 5.20. The molecule has 112 valence electrons. The Kier molecular flexibility index (Phi) is 5.62. The predicted octanol–water partition coefficient (Wildman–Crippen LogP) is 3.85. The van der Waals surface area contributed by atoms with E-state index in [0.29, 0.717) is 18.1 Å². The highest BCUT2D eigenvalue weighted by atomic mass is 15.2. The molecule has 4 atom stereocenters. The summed E-state index contributed by atoms with van der Waals surface area (Å²) in [5.41, 5.74) is 1.41. The van der Waals surface area contributed by atoms with Gasteiger partial charge in [0.1, 0.15) is 0 Å². The Bertz CT molecular complexity index is 390. The largest absolute Gasteiger partial charge is 0.312 e. The summed E-state index contributed by atoms with van der Waals surface area (Å²) in [5.74, 6) is 0.878. The van der Waals surface area contributed by atoms with Gasteiger partial charge in [-0.1, -0.05) is 44.2 Å². The first kappa shape index (κ1) is 15.5. The third kappa shape index (κ3) is 3.42. The molecule has 0 bridgehead atoms. The molecule has 2 rings (SSSR count). The summed E-state index contributed by atoms with van der Waals surface area (Å²) in [6.45, 7) is 8.35. The van der Waals surface area contributed by atoms with Gasteiger partial charge in [-0.15, -0.1) is 0 Å². The van der Waals surface area contributed by atoms with Crippen molar-refractivity contribution in [2.45, 2.75) is 58.2 Å². The molecule has 0 amide bonds. The van der Waals surface area contributed by atoms with Crippen molar-refractivity contribution >= 4 is 0 Å². The van der Waals surface area contributed by atoms with Crippen LogP contribution in [0.2, 0.25) is 0 Å². The molecule has 2 heteroatoms. The Balaban J connectivity index is 2.17. The van der Waals surface area contributed by atoms with Gasteiger partial charge >= 0.3 is 0 Å². The standard InChI is InChI=1S/C18H30N2/c1-5-17(20-12-11-14(2)13-15(20)3)18(19-4)16-9-7-6-8-10-16/h6-10,14-15,17-19H,5,11-13H2,1-4H3. The summed E-state index contributed by atoms with van der Waals surface area (Å²) in [6.07, 6.45) is 3.87. The molecule has 1 heterocycles. The molecule has 20 heavy (non-hydrogen) atoms. The van der Waals surface area contributed by atoms with Crippen molar-refractivity contribution in [1.82, 2.24) is 10.2 Å². The number of piperidine rings is 1. The van der Waals surface area contributed by atoms with Crippen molar-refractivity contribution in [1.29, 1.82) is 0 Å². The molecule has 1 aliphatic heterocycles. The van der Waals surface area contributed by atoms with Crippen LogP contribution in [0.3, 0.4) is 0 Å². The van der Waals surface area contributed by atoms with Gasteiger partial charge in [0.2, 0.25) is 0 Å². The zero-order chi connectivity index (χ0) is 14.5. The summed E-state index contributed by atoms with van der Waals surface area (Å²) in [5, 5.41) is 3.56. The van der Waals surface area contributed by atoms with Gasteiger partial charge in [-0.3, -0.25) is 4.90 Å². The molecule has 1 aromatic carbocycles. The number of nitrogens with one attached hydrogen (secondary N) is 1. The first-order valence-corrected chi connectivity index (χ1v) is 8.15. The van der Waals surface area contributed by atoms with Gasteiger partial charge in [0.05, 0.1) is 0 Å². The topological polar surface area (TPSA) is 15.3 Å². The molecule has 1 N–H and O–H groups in total. The van der Waals surface area contributed by atoms with E-state index in [-0.39, 0.29) is 0 Å². The predicted molar refractivity (Wildman–Crippen MR) is 86.9 cm³/mol. The minimum Gasteiger partial charge on any atom is -0.312 e. The highest BCUT2D eigenvalue weighted by Crippen LogP contribution is 2.30. The third-order valence-electron chi connectivity index (χ3n) is 4.89. The average molecular weight is 274 g/mol. The summed E-state index contributed by atoms with van der Waals surface area (Å²) in [7, 11) is 2.09. The molecule has 1 aliphatic rings. The molecule has 2 nitrogen and oxygen atoms in total. The first-order valence-electron chi connectivity index (χ1n) is 8.15. The second-order valence-corrected chi connectivity index (χ2v) is 6.37. The van der Waals surface area contributed by atoms with Gasteiger partial charge in [-0.05, 0) is 51.3 Å². The lowest BCUT2D eigenvalue weighted by molar-refractivity contribution is 0.0604. The lowest BCUT2D eigenvalue weighted by Gasteiger charge is -2.44. The minimum atomic E-state index is 0.428. The van der Waals surface area contributed by atoms with Crippen LogP contribution >= 0.6 is 0 Å². The van der Waals surface area contributed by atoms with Crippen molar-refractivity contribution in [3.8, 4) is 0 Å². The van der Waals surface area contributed by atoms with E-state index in [1.807, 2.05) is 0 Å². The van der Waals surface area contributed by atoms with Gasteiger partial charge in [-0.25, -0.2) is 0 Å². The quantitative estimate of drug-likeness (QED) is 0.877. The van der Waals surface area contributed by atoms with Crippen LogP contribution in [0.1, 0.15) is 51.6 Å². The number of likely N-dealkylation sites (tertiary alicyclic amines) is 1. The molecular formula is C18H30N2. The lowest BCUT2D eigenvalue weighted by Crippen LogP contribution is -2.51.